The van der Waals surface area contributed by atoms with Crippen molar-refractivity contribution in [1.29, 1.82) is 0 Å². The van der Waals surface area contributed by atoms with Crippen molar-refractivity contribution in [3.63, 3.8) is 0 Å². The summed E-state index contributed by atoms with van der Waals surface area (Å²) >= 11 is 0. The molecule has 0 amide bonds. The topological polar surface area (TPSA) is 41.9 Å². The summed E-state index contributed by atoms with van der Waals surface area (Å²) in [7, 11) is 2.06. The number of hydrogen-bond acceptors (Lipinski definition) is 4. The summed E-state index contributed by atoms with van der Waals surface area (Å²) in [4.78, 5) is 2.20. The van der Waals surface area contributed by atoms with Crippen LogP contribution in [-0.2, 0) is 9.47 Å². The van der Waals surface area contributed by atoms with Crippen LogP contribution in [-0.4, -0.2) is 60.7 Å². The molecule has 4 heteroatoms. The van der Waals surface area contributed by atoms with Gasteiger partial charge in [0.15, 0.2) is 0 Å². The lowest BCUT2D eigenvalue weighted by atomic mass is 9.84. The van der Waals surface area contributed by atoms with Gasteiger partial charge in [0.05, 0.1) is 23.9 Å². The number of aliphatic hydroxyl groups is 1. The molecule has 0 aromatic rings. The fourth-order valence-corrected chi connectivity index (χ4v) is 2.79. The van der Waals surface area contributed by atoms with Gasteiger partial charge in [0, 0.05) is 25.6 Å². The van der Waals surface area contributed by atoms with E-state index in [4.69, 9.17) is 9.47 Å². The molecule has 1 aliphatic rings. The van der Waals surface area contributed by atoms with Crippen molar-refractivity contribution in [3.05, 3.63) is 0 Å². The van der Waals surface area contributed by atoms with Crippen molar-refractivity contribution < 1.29 is 14.6 Å². The maximum absolute atomic E-state index is 10.4. The van der Waals surface area contributed by atoms with E-state index in [9.17, 15) is 5.11 Å². The third-order valence-corrected chi connectivity index (χ3v) is 3.84. The van der Waals surface area contributed by atoms with Crippen LogP contribution in [0.4, 0.5) is 0 Å². The largest absolute Gasteiger partial charge is 0.390 e. The van der Waals surface area contributed by atoms with Crippen LogP contribution in [0, 0.1) is 5.92 Å². The lowest BCUT2D eigenvalue weighted by Gasteiger charge is -2.30. The second-order valence-corrected chi connectivity index (χ2v) is 6.32. The fraction of sp³-hybridized carbons (Fsp3) is 1.00. The van der Waals surface area contributed by atoms with E-state index in [0.29, 0.717) is 0 Å². The minimum Gasteiger partial charge on any atom is -0.390 e. The Morgan fingerprint density at radius 3 is 2.28 bits per heavy atom. The molecular formula is C14H29NO3. The number of ether oxygens (including phenoxy) is 2. The summed E-state index contributed by atoms with van der Waals surface area (Å²) in [5.74, 6) is 0.124. The Labute approximate surface area is 111 Å². The highest BCUT2D eigenvalue weighted by Gasteiger charge is 2.53. The van der Waals surface area contributed by atoms with Gasteiger partial charge in [0.2, 0.25) is 0 Å². The second kappa shape index (κ2) is 5.87. The molecule has 2 unspecified atom stereocenters. The monoisotopic (exact) mass is 259 g/mol. The van der Waals surface area contributed by atoms with Crippen molar-refractivity contribution in [2.24, 2.45) is 5.92 Å². The number of aliphatic hydroxyl groups excluding tert-OH is 1. The summed E-state index contributed by atoms with van der Waals surface area (Å²) in [6, 6.07) is 0. The number of hydrogen-bond donors (Lipinski definition) is 1. The normalized spacial score (nSPS) is 30.0. The minimum absolute atomic E-state index is 0.124. The van der Waals surface area contributed by atoms with Crippen molar-refractivity contribution in [1.82, 2.24) is 4.90 Å². The molecule has 0 saturated carbocycles. The Hall–Kier alpha value is -0.160. The summed E-state index contributed by atoms with van der Waals surface area (Å²) in [6.07, 6.45) is -0.429. The zero-order valence-electron chi connectivity index (χ0n) is 12.7. The molecule has 1 fully saturated rings. The van der Waals surface area contributed by atoms with Crippen molar-refractivity contribution in [2.75, 3.05) is 33.4 Å². The molecule has 0 spiro atoms. The molecule has 18 heavy (non-hydrogen) atoms. The van der Waals surface area contributed by atoms with Crippen LogP contribution in [0.3, 0.4) is 0 Å². The van der Waals surface area contributed by atoms with Gasteiger partial charge in [-0.3, -0.25) is 0 Å². The molecule has 4 nitrogen and oxygen atoms in total. The van der Waals surface area contributed by atoms with Crippen LogP contribution in [0.1, 0.15) is 34.6 Å². The van der Waals surface area contributed by atoms with Crippen LogP contribution in [0.25, 0.3) is 0 Å². The van der Waals surface area contributed by atoms with E-state index < -0.39 is 11.7 Å². The number of rotatable bonds is 6. The Morgan fingerprint density at radius 1 is 1.22 bits per heavy atom. The molecule has 1 heterocycles. The van der Waals surface area contributed by atoms with E-state index in [1.807, 2.05) is 20.8 Å². The van der Waals surface area contributed by atoms with E-state index in [2.05, 4.69) is 25.8 Å². The van der Waals surface area contributed by atoms with Gasteiger partial charge < -0.3 is 19.5 Å². The van der Waals surface area contributed by atoms with E-state index in [1.54, 1.807) is 0 Å². The predicted molar refractivity (Wildman–Crippen MR) is 72.7 cm³/mol. The molecule has 1 N–H and O–H groups in total. The lowest BCUT2D eigenvalue weighted by Crippen LogP contribution is -2.43. The van der Waals surface area contributed by atoms with Crippen molar-refractivity contribution in [3.8, 4) is 0 Å². The average Bonchev–Trinajstić information content (AvgIpc) is 2.37. The Kier molecular flexibility index (Phi) is 5.18. The van der Waals surface area contributed by atoms with Crippen LogP contribution in [0.15, 0.2) is 0 Å². The standard InChI is InChI=1S/C14H29NO3/c1-7-17-9-8-15(6)10-11-12(16)14(4,5)18-13(11,2)3/h11-12,16H,7-10H2,1-6H3. The molecule has 0 aromatic carbocycles. The van der Waals surface area contributed by atoms with Gasteiger partial charge in [0.25, 0.3) is 0 Å². The molecule has 0 aromatic heterocycles. The van der Waals surface area contributed by atoms with Crippen LogP contribution < -0.4 is 0 Å². The maximum Gasteiger partial charge on any atom is 0.0896 e. The SMILES string of the molecule is CCOCCN(C)CC1C(O)C(C)(C)OC1(C)C. The average molecular weight is 259 g/mol. The van der Waals surface area contributed by atoms with E-state index in [0.717, 1.165) is 26.3 Å². The summed E-state index contributed by atoms with van der Waals surface area (Å²) in [6.45, 7) is 13.2. The van der Waals surface area contributed by atoms with Gasteiger partial charge >= 0.3 is 0 Å². The smallest absolute Gasteiger partial charge is 0.0896 e. The molecular weight excluding hydrogens is 230 g/mol. The molecule has 108 valence electrons. The number of likely N-dealkylation sites (N-methyl/N-ethyl adjacent to an activating group) is 1. The van der Waals surface area contributed by atoms with Crippen LogP contribution in [0.5, 0.6) is 0 Å². The minimum atomic E-state index is -0.463. The van der Waals surface area contributed by atoms with Gasteiger partial charge in [-0.2, -0.15) is 0 Å². The zero-order valence-corrected chi connectivity index (χ0v) is 12.7. The highest BCUT2D eigenvalue weighted by atomic mass is 16.5. The van der Waals surface area contributed by atoms with Gasteiger partial charge in [-0.05, 0) is 41.7 Å². The maximum atomic E-state index is 10.4. The van der Waals surface area contributed by atoms with Gasteiger partial charge in [-0.25, -0.2) is 0 Å². The highest BCUT2D eigenvalue weighted by molar-refractivity contribution is 5.02. The molecule has 1 rings (SSSR count). The summed E-state index contributed by atoms with van der Waals surface area (Å²) in [5, 5.41) is 10.4. The van der Waals surface area contributed by atoms with Crippen LogP contribution >= 0.6 is 0 Å². The molecule has 0 aliphatic carbocycles. The van der Waals surface area contributed by atoms with Gasteiger partial charge in [-0.1, -0.05) is 0 Å². The predicted octanol–water partition coefficient (Wildman–Crippen LogP) is 1.52. The first-order valence-corrected chi connectivity index (χ1v) is 6.85. The van der Waals surface area contributed by atoms with E-state index >= 15 is 0 Å². The molecule has 0 radical (unpaired) electrons. The molecule has 1 saturated heterocycles. The summed E-state index contributed by atoms with van der Waals surface area (Å²) in [5.41, 5.74) is -0.752. The van der Waals surface area contributed by atoms with E-state index in [1.165, 1.54) is 0 Å². The van der Waals surface area contributed by atoms with Crippen LogP contribution in [0.2, 0.25) is 0 Å². The van der Waals surface area contributed by atoms with E-state index in [-0.39, 0.29) is 11.5 Å². The third-order valence-electron chi connectivity index (χ3n) is 3.84. The first kappa shape index (κ1) is 15.9. The zero-order chi connectivity index (χ0) is 14.0. The molecule has 2 atom stereocenters. The lowest BCUT2D eigenvalue weighted by molar-refractivity contribution is -0.0913. The Morgan fingerprint density at radius 2 is 1.83 bits per heavy atom. The van der Waals surface area contributed by atoms with Crippen molar-refractivity contribution >= 4 is 0 Å². The number of nitrogens with zero attached hydrogens (tertiary/aromatic N) is 1. The first-order chi connectivity index (χ1) is 8.20. The summed E-state index contributed by atoms with van der Waals surface area (Å²) < 4.78 is 11.3. The molecule has 0 bridgehead atoms. The highest BCUT2D eigenvalue weighted by Crippen LogP contribution is 2.42. The fourth-order valence-electron chi connectivity index (χ4n) is 2.79. The van der Waals surface area contributed by atoms with Gasteiger partial charge in [0.1, 0.15) is 0 Å². The Balaban J connectivity index is 2.54. The van der Waals surface area contributed by atoms with Gasteiger partial charge in [-0.15, -0.1) is 0 Å². The first-order valence-electron chi connectivity index (χ1n) is 6.85. The Bertz CT molecular complexity index is 266. The van der Waals surface area contributed by atoms with Crippen molar-refractivity contribution in [2.45, 2.75) is 51.9 Å². The third kappa shape index (κ3) is 3.67. The second-order valence-electron chi connectivity index (χ2n) is 6.32. The molecule has 1 aliphatic heterocycles. The quantitative estimate of drug-likeness (QED) is 0.734.